The van der Waals surface area contributed by atoms with E-state index in [2.05, 4.69) is 0 Å². The molecule has 0 spiro atoms. The minimum atomic E-state index is -1.15. The van der Waals surface area contributed by atoms with E-state index in [0.29, 0.717) is 10.6 Å². The molecule has 0 aliphatic heterocycles. The van der Waals surface area contributed by atoms with Gasteiger partial charge in [0.1, 0.15) is 11.6 Å². The summed E-state index contributed by atoms with van der Waals surface area (Å²) in [6, 6.07) is 7.20. The van der Waals surface area contributed by atoms with Gasteiger partial charge < -0.3 is 9.84 Å². The zero-order chi connectivity index (χ0) is 15.4. The molecule has 0 aliphatic carbocycles. The van der Waals surface area contributed by atoms with E-state index in [-0.39, 0.29) is 11.5 Å². The lowest BCUT2D eigenvalue weighted by molar-refractivity contribution is -0.131. The van der Waals surface area contributed by atoms with Crippen LogP contribution >= 0.6 is 11.6 Å². The SMILES string of the molecule is O=C(O)/C=C/c1ccc(Cl)cc1Oc1cc(F)ccc1F. The number of carboxylic acids is 1. The number of hydrogen-bond acceptors (Lipinski definition) is 2. The molecule has 0 saturated heterocycles. The first-order chi connectivity index (χ1) is 9.95. The zero-order valence-corrected chi connectivity index (χ0v) is 11.3. The molecular weight excluding hydrogens is 302 g/mol. The molecule has 108 valence electrons. The standard InChI is InChI=1S/C15H9ClF2O3/c16-10-3-1-9(2-6-15(19)20)13(7-10)21-14-8-11(17)4-5-12(14)18/h1-8H,(H,19,20)/b6-2+. The summed E-state index contributed by atoms with van der Waals surface area (Å²) in [5.41, 5.74) is 0.366. The fourth-order valence-electron chi connectivity index (χ4n) is 1.57. The molecule has 0 heterocycles. The lowest BCUT2D eigenvalue weighted by Crippen LogP contribution is -1.93. The second-order valence-corrected chi connectivity index (χ2v) is 4.47. The summed E-state index contributed by atoms with van der Waals surface area (Å²) >= 11 is 5.83. The van der Waals surface area contributed by atoms with Gasteiger partial charge in [-0.05, 0) is 30.3 Å². The molecule has 3 nitrogen and oxygen atoms in total. The fourth-order valence-corrected chi connectivity index (χ4v) is 1.73. The highest BCUT2D eigenvalue weighted by Gasteiger charge is 2.10. The Morgan fingerprint density at radius 3 is 2.62 bits per heavy atom. The van der Waals surface area contributed by atoms with Crippen molar-refractivity contribution in [3.8, 4) is 11.5 Å². The summed E-state index contributed by atoms with van der Waals surface area (Å²) < 4.78 is 32.0. The van der Waals surface area contributed by atoms with Gasteiger partial charge in [-0.2, -0.15) is 0 Å². The Morgan fingerprint density at radius 1 is 1.14 bits per heavy atom. The maximum Gasteiger partial charge on any atom is 0.328 e. The molecule has 0 amide bonds. The average molecular weight is 311 g/mol. The van der Waals surface area contributed by atoms with Gasteiger partial charge in [-0.15, -0.1) is 0 Å². The molecule has 2 aromatic rings. The maximum atomic E-state index is 13.6. The van der Waals surface area contributed by atoms with E-state index in [4.69, 9.17) is 21.4 Å². The second-order valence-electron chi connectivity index (χ2n) is 4.03. The van der Waals surface area contributed by atoms with Crippen LogP contribution < -0.4 is 4.74 Å². The quantitative estimate of drug-likeness (QED) is 0.845. The molecule has 21 heavy (non-hydrogen) atoms. The first-order valence-corrected chi connectivity index (χ1v) is 6.17. The third kappa shape index (κ3) is 4.03. The third-order valence-electron chi connectivity index (χ3n) is 2.49. The number of aliphatic carboxylic acids is 1. The van der Waals surface area contributed by atoms with E-state index in [1.165, 1.54) is 24.3 Å². The number of halogens is 3. The van der Waals surface area contributed by atoms with Crippen molar-refractivity contribution >= 4 is 23.6 Å². The zero-order valence-electron chi connectivity index (χ0n) is 10.5. The van der Waals surface area contributed by atoms with Crippen LogP contribution in [0.3, 0.4) is 0 Å². The van der Waals surface area contributed by atoms with E-state index in [0.717, 1.165) is 24.3 Å². The van der Waals surface area contributed by atoms with E-state index in [1.807, 2.05) is 0 Å². The summed E-state index contributed by atoms with van der Waals surface area (Å²) in [6.45, 7) is 0. The van der Waals surface area contributed by atoms with Gasteiger partial charge in [0.2, 0.25) is 0 Å². The van der Waals surface area contributed by atoms with Gasteiger partial charge in [-0.3, -0.25) is 0 Å². The van der Waals surface area contributed by atoms with Crippen LogP contribution in [0.15, 0.2) is 42.5 Å². The average Bonchev–Trinajstić information content (AvgIpc) is 2.42. The highest BCUT2D eigenvalue weighted by atomic mass is 35.5. The van der Waals surface area contributed by atoms with E-state index in [9.17, 15) is 13.6 Å². The summed E-state index contributed by atoms with van der Waals surface area (Å²) in [5, 5.41) is 8.94. The summed E-state index contributed by atoms with van der Waals surface area (Å²) in [6.07, 6.45) is 2.17. The lowest BCUT2D eigenvalue weighted by atomic mass is 10.2. The van der Waals surface area contributed by atoms with Gasteiger partial charge in [-0.25, -0.2) is 13.6 Å². The van der Waals surface area contributed by atoms with Crippen molar-refractivity contribution in [1.29, 1.82) is 0 Å². The van der Waals surface area contributed by atoms with E-state index in [1.54, 1.807) is 0 Å². The van der Waals surface area contributed by atoms with Crippen molar-refractivity contribution in [2.24, 2.45) is 0 Å². The van der Waals surface area contributed by atoms with Gasteiger partial charge in [0.05, 0.1) is 0 Å². The fraction of sp³-hybridized carbons (Fsp3) is 0. The number of carbonyl (C=O) groups is 1. The number of carboxylic acid groups (broad SMARTS) is 1. The Bertz CT molecular complexity index is 714. The summed E-state index contributed by atoms with van der Waals surface area (Å²) in [4.78, 5) is 10.5. The molecule has 0 fully saturated rings. The smallest absolute Gasteiger partial charge is 0.328 e. The van der Waals surface area contributed by atoms with Crippen molar-refractivity contribution < 1.29 is 23.4 Å². The number of rotatable bonds is 4. The third-order valence-corrected chi connectivity index (χ3v) is 2.73. The predicted octanol–water partition coefficient (Wildman–Crippen LogP) is 4.51. The van der Waals surface area contributed by atoms with Crippen LogP contribution in [0.4, 0.5) is 8.78 Å². The normalized spacial score (nSPS) is 10.8. The Balaban J connectivity index is 2.40. The highest BCUT2D eigenvalue weighted by Crippen LogP contribution is 2.31. The van der Waals surface area contributed by atoms with Crippen LogP contribution in [0.5, 0.6) is 11.5 Å². The molecule has 1 N–H and O–H groups in total. The molecule has 0 unspecified atom stereocenters. The lowest BCUT2D eigenvalue weighted by Gasteiger charge is -2.10. The van der Waals surface area contributed by atoms with Crippen molar-refractivity contribution in [2.45, 2.75) is 0 Å². The topological polar surface area (TPSA) is 46.5 Å². The van der Waals surface area contributed by atoms with Crippen LogP contribution in [0, 0.1) is 11.6 Å². The number of ether oxygens (including phenoxy) is 1. The maximum absolute atomic E-state index is 13.6. The first-order valence-electron chi connectivity index (χ1n) is 5.79. The molecule has 6 heteroatoms. The Morgan fingerprint density at radius 2 is 1.90 bits per heavy atom. The van der Waals surface area contributed by atoms with Crippen LogP contribution in [0.1, 0.15) is 5.56 Å². The van der Waals surface area contributed by atoms with Crippen LogP contribution in [-0.4, -0.2) is 11.1 Å². The Hall–Kier alpha value is -2.40. The summed E-state index contributed by atoms with van der Waals surface area (Å²) in [7, 11) is 0. The molecule has 2 aromatic carbocycles. The predicted molar refractivity (Wildman–Crippen MR) is 74.6 cm³/mol. The molecule has 0 bridgehead atoms. The van der Waals surface area contributed by atoms with Crippen LogP contribution in [0.2, 0.25) is 5.02 Å². The number of hydrogen-bond donors (Lipinski definition) is 1. The van der Waals surface area contributed by atoms with Crippen molar-refractivity contribution in [3.05, 3.63) is 64.7 Å². The van der Waals surface area contributed by atoms with Gasteiger partial charge in [0.25, 0.3) is 0 Å². The Kier molecular flexibility index (Phi) is 4.55. The van der Waals surface area contributed by atoms with Crippen molar-refractivity contribution in [2.75, 3.05) is 0 Å². The summed E-state index contributed by atoms with van der Waals surface area (Å²) in [5.74, 6) is -2.75. The van der Waals surface area contributed by atoms with E-state index >= 15 is 0 Å². The molecule has 0 aliphatic rings. The van der Waals surface area contributed by atoms with Gasteiger partial charge >= 0.3 is 5.97 Å². The minimum absolute atomic E-state index is 0.115. The highest BCUT2D eigenvalue weighted by molar-refractivity contribution is 6.30. The van der Waals surface area contributed by atoms with Crippen LogP contribution in [-0.2, 0) is 4.79 Å². The minimum Gasteiger partial charge on any atom is -0.478 e. The number of benzene rings is 2. The molecular formula is C15H9ClF2O3. The molecule has 0 radical (unpaired) electrons. The van der Waals surface area contributed by atoms with Crippen molar-refractivity contribution in [3.63, 3.8) is 0 Å². The van der Waals surface area contributed by atoms with Gasteiger partial charge in [0.15, 0.2) is 11.6 Å². The van der Waals surface area contributed by atoms with Gasteiger partial charge in [-0.1, -0.05) is 11.6 Å². The molecule has 0 aromatic heterocycles. The first kappa shape index (κ1) is 15.0. The van der Waals surface area contributed by atoms with Crippen molar-refractivity contribution in [1.82, 2.24) is 0 Å². The largest absolute Gasteiger partial charge is 0.478 e. The molecule has 0 saturated carbocycles. The second kappa shape index (κ2) is 6.37. The van der Waals surface area contributed by atoms with Crippen LogP contribution in [0.25, 0.3) is 6.08 Å². The Labute approximate surface area is 124 Å². The molecule has 0 atom stereocenters. The van der Waals surface area contributed by atoms with Gasteiger partial charge in [0, 0.05) is 28.8 Å². The molecule has 2 rings (SSSR count). The van der Waals surface area contributed by atoms with E-state index < -0.39 is 17.6 Å². The monoisotopic (exact) mass is 310 g/mol.